The number of hydrogen-bond acceptors (Lipinski definition) is 5. The second kappa shape index (κ2) is 4.56. The van der Waals surface area contributed by atoms with Crippen LogP contribution in [-0.4, -0.2) is 14.4 Å². The van der Waals surface area contributed by atoms with Gasteiger partial charge in [0.25, 0.3) is 0 Å². The van der Waals surface area contributed by atoms with E-state index in [4.69, 9.17) is 17.5 Å². The molecule has 0 unspecified atom stereocenters. The Balaban J connectivity index is 2.54. The van der Waals surface area contributed by atoms with Gasteiger partial charge in [-0.25, -0.2) is 5.26 Å². The van der Waals surface area contributed by atoms with Crippen molar-refractivity contribution in [3.63, 3.8) is 0 Å². The van der Waals surface area contributed by atoms with Crippen LogP contribution in [-0.2, 0) is 23.5 Å². The molecule has 0 aliphatic rings. The number of aromatic nitrogens is 2. The molecule has 0 atom stereocenters. The van der Waals surface area contributed by atoms with Gasteiger partial charge in [0.15, 0.2) is 4.77 Å². The highest BCUT2D eigenvalue weighted by atomic mass is 32.2. The second-order valence-electron chi connectivity index (χ2n) is 3.28. The van der Waals surface area contributed by atoms with Crippen LogP contribution in [0.3, 0.4) is 0 Å². The smallest absolute Gasteiger partial charge is 0.180 e. The van der Waals surface area contributed by atoms with Gasteiger partial charge in [-0.05, 0) is 30.4 Å². The summed E-state index contributed by atoms with van der Waals surface area (Å²) >= 11 is 6.18. The van der Waals surface area contributed by atoms with E-state index in [1.807, 2.05) is 41.4 Å². The Labute approximate surface area is 101 Å². The first-order chi connectivity index (χ1) is 7.65. The molecule has 0 saturated heterocycles. The molecule has 86 valence electrons. The summed E-state index contributed by atoms with van der Waals surface area (Å²) in [6.45, 7) is 0. The van der Waals surface area contributed by atoms with Crippen molar-refractivity contribution in [3.8, 4) is 0 Å². The lowest BCUT2D eigenvalue weighted by Crippen LogP contribution is -1.90. The highest BCUT2D eigenvalue weighted by molar-refractivity contribution is 7.94. The third-order valence-corrected chi connectivity index (χ3v) is 3.53. The van der Waals surface area contributed by atoms with Gasteiger partial charge in [0.1, 0.15) is 0 Å². The van der Waals surface area contributed by atoms with Crippen molar-refractivity contribution < 1.29 is 14.6 Å². The van der Waals surface area contributed by atoms with Gasteiger partial charge in [0, 0.05) is 19.0 Å². The Morgan fingerprint density at radius 1 is 1.25 bits per heavy atom. The molecule has 5 nitrogen and oxygen atoms in total. The van der Waals surface area contributed by atoms with Crippen molar-refractivity contribution in [2.24, 2.45) is 14.1 Å². The minimum atomic E-state index is 0.747. The first-order valence-corrected chi connectivity index (χ1v) is 5.60. The number of benzene rings is 1. The first kappa shape index (κ1) is 11.6. The molecule has 2 aromatic rings. The Bertz CT molecular complexity index is 576. The second-order valence-corrected chi connectivity index (χ2v) is 4.42. The molecule has 0 fully saturated rings. The summed E-state index contributed by atoms with van der Waals surface area (Å²) in [5, 5.41) is 11.6. The lowest BCUT2D eigenvalue weighted by atomic mass is 10.3. The van der Waals surface area contributed by atoms with Crippen LogP contribution >= 0.6 is 24.3 Å². The van der Waals surface area contributed by atoms with Crippen LogP contribution in [0.5, 0.6) is 0 Å². The maximum Gasteiger partial charge on any atom is 0.180 e. The number of rotatable bonds is 3. The first-order valence-electron chi connectivity index (χ1n) is 4.45. The van der Waals surface area contributed by atoms with Gasteiger partial charge in [-0.2, -0.15) is 0 Å². The Hall–Kier alpha value is -0.860. The molecule has 1 heterocycles. The predicted octanol–water partition coefficient (Wildman–Crippen LogP) is 2.67. The summed E-state index contributed by atoms with van der Waals surface area (Å²) in [6.07, 6.45) is 0. The molecule has 0 radical (unpaired) electrons. The van der Waals surface area contributed by atoms with Crippen molar-refractivity contribution in [3.05, 3.63) is 23.0 Å². The van der Waals surface area contributed by atoms with Crippen LogP contribution in [0.15, 0.2) is 23.1 Å². The maximum atomic E-state index is 8.07. The van der Waals surface area contributed by atoms with Gasteiger partial charge in [-0.15, -0.1) is 4.33 Å². The van der Waals surface area contributed by atoms with E-state index >= 15 is 0 Å². The van der Waals surface area contributed by atoms with Gasteiger partial charge in [-0.1, -0.05) is 5.04 Å². The lowest BCUT2D eigenvalue weighted by molar-refractivity contribution is -0.432. The fourth-order valence-electron chi connectivity index (χ4n) is 1.59. The number of hydrogen-bond donors (Lipinski definition) is 1. The molecule has 1 aromatic heterocycles. The zero-order chi connectivity index (χ0) is 11.7. The standard InChI is InChI=1S/C9H10N2O3S2/c1-10-7-4-3-6(16-14-13-12)5-8(7)11(2)9(10)15/h3-5,12H,1-2H3. The fourth-order valence-corrected chi connectivity index (χ4v) is 2.18. The van der Waals surface area contributed by atoms with E-state index in [1.165, 1.54) is 0 Å². The third kappa shape index (κ3) is 1.87. The molecular weight excluding hydrogens is 248 g/mol. The fraction of sp³-hybridized carbons (Fsp3) is 0.222. The van der Waals surface area contributed by atoms with Gasteiger partial charge in [0.05, 0.1) is 23.1 Å². The molecule has 2 rings (SSSR count). The normalized spacial score (nSPS) is 11.2. The molecule has 0 spiro atoms. The molecule has 0 bridgehead atoms. The van der Waals surface area contributed by atoms with Gasteiger partial charge < -0.3 is 9.13 Å². The monoisotopic (exact) mass is 258 g/mol. The molecule has 0 saturated carbocycles. The molecule has 1 N–H and O–H groups in total. The number of nitrogens with zero attached hydrogens (tertiary/aromatic N) is 2. The van der Waals surface area contributed by atoms with E-state index in [2.05, 4.69) is 9.37 Å². The molecule has 0 amide bonds. The van der Waals surface area contributed by atoms with E-state index in [9.17, 15) is 0 Å². The van der Waals surface area contributed by atoms with Crippen molar-refractivity contribution in [1.29, 1.82) is 0 Å². The third-order valence-electron chi connectivity index (χ3n) is 2.40. The van der Waals surface area contributed by atoms with Crippen LogP contribution in [0.1, 0.15) is 0 Å². The topological polar surface area (TPSA) is 48.5 Å². The van der Waals surface area contributed by atoms with E-state index in [0.29, 0.717) is 0 Å². The Morgan fingerprint density at radius 3 is 2.62 bits per heavy atom. The van der Waals surface area contributed by atoms with Crippen molar-refractivity contribution in [2.45, 2.75) is 4.90 Å². The number of fused-ring (bicyclic) bond motifs is 1. The highest BCUT2D eigenvalue weighted by Crippen LogP contribution is 2.24. The molecular formula is C9H10N2O3S2. The van der Waals surface area contributed by atoms with Gasteiger partial charge >= 0.3 is 0 Å². The Kier molecular flexibility index (Phi) is 3.31. The summed E-state index contributed by atoms with van der Waals surface area (Å²) in [7, 11) is 3.83. The summed E-state index contributed by atoms with van der Waals surface area (Å²) in [5.74, 6) is 0. The van der Waals surface area contributed by atoms with Crippen LogP contribution in [0.25, 0.3) is 11.0 Å². The summed E-state index contributed by atoms with van der Waals surface area (Å²) in [6, 6.07) is 5.71. The maximum absolute atomic E-state index is 8.07. The molecule has 1 aromatic carbocycles. The van der Waals surface area contributed by atoms with Crippen LogP contribution < -0.4 is 0 Å². The summed E-state index contributed by atoms with van der Waals surface area (Å²) in [5.41, 5.74) is 2.04. The SMILES string of the molecule is Cn1c(=S)n(C)c2cc(SOOO)ccc21. The number of aryl methyl sites for hydroxylation is 2. The minimum absolute atomic E-state index is 0.747. The van der Waals surface area contributed by atoms with Crippen LogP contribution in [0.2, 0.25) is 0 Å². The van der Waals surface area contributed by atoms with E-state index < -0.39 is 0 Å². The minimum Gasteiger partial charge on any atom is -0.320 e. The van der Waals surface area contributed by atoms with Crippen LogP contribution in [0, 0.1) is 4.77 Å². The zero-order valence-electron chi connectivity index (χ0n) is 8.71. The summed E-state index contributed by atoms with van der Waals surface area (Å²) in [4.78, 5) is 0.817. The zero-order valence-corrected chi connectivity index (χ0v) is 10.3. The van der Waals surface area contributed by atoms with Crippen LogP contribution in [0.4, 0.5) is 0 Å². The van der Waals surface area contributed by atoms with E-state index in [0.717, 1.165) is 32.7 Å². The van der Waals surface area contributed by atoms with Gasteiger partial charge in [-0.3, -0.25) is 0 Å². The van der Waals surface area contributed by atoms with E-state index in [-0.39, 0.29) is 0 Å². The average Bonchev–Trinajstić information content (AvgIpc) is 2.52. The van der Waals surface area contributed by atoms with Crippen molar-refractivity contribution >= 4 is 35.3 Å². The largest absolute Gasteiger partial charge is 0.320 e. The molecule has 7 heteroatoms. The number of imidazole rings is 1. The van der Waals surface area contributed by atoms with Gasteiger partial charge in [0.2, 0.25) is 0 Å². The molecule has 0 aliphatic carbocycles. The van der Waals surface area contributed by atoms with Crippen molar-refractivity contribution in [1.82, 2.24) is 9.13 Å². The lowest BCUT2D eigenvalue weighted by Gasteiger charge is -1.99. The predicted molar refractivity (Wildman–Crippen MR) is 63.4 cm³/mol. The van der Waals surface area contributed by atoms with E-state index in [1.54, 1.807) is 0 Å². The highest BCUT2D eigenvalue weighted by Gasteiger charge is 2.06. The quantitative estimate of drug-likeness (QED) is 0.397. The average molecular weight is 258 g/mol. The molecule has 16 heavy (non-hydrogen) atoms. The molecule has 0 aliphatic heterocycles. The summed E-state index contributed by atoms with van der Waals surface area (Å²) < 4.78 is 8.97. The van der Waals surface area contributed by atoms with Crippen molar-refractivity contribution in [2.75, 3.05) is 0 Å². The Morgan fingerprint density at radius 2 is 1.94 bits per heavy atom.